The largest absolute Gasteiger partial charge is 0.366 e. The summed E-state index contributed by atoms with van der Waals surface area (Å²) in [4.78, 5) is 13.3. The van der Waals surface area contributed by atoms with Crippen LogP contribution in [0.1, 0.15) is 15.9 Å². The predicted octanol–water partition coefficient (Wildman–Crippen LogP) is -0.0975. The first-order chi connectivity index (χ1) is 8.15. The van der Waals surface area contributed by atoms with Gasteiger partial charge in [-0.1, -0.05) is 12.1 Å². The Morgan fingerprint density at radius 1 is 1.53 bits per heavy atom. The van der Waals surface area contributed by atoms with E-state index in [-0.39, 0.29) is 6.23 Å². The van der Waals surface area contributed by atoms with Crippen molar-refractivity contribution in [1.82, 2.24) is 4.90 Å². The van der Waals surface area contributed by atoms with Gasteiger partial charge in [0, 0.05) is 25.2 Å². The lowest BCUT2D eigenvalue weighted by Crippen LogP contribution is -2.46. The molecule has 1 fully saturated rings. The van der Waals surface area contributed by atoms with Crippen molar-refractivity contribution in [1.29, 1.82) is 0 Å². The zero-order valence-corrected chi connectivity index (χ0v) is 9.63. The number of morpholine rings is 1. The van der Waals surface area contributed by atoms with Gasteiger partial charge in [-0.05, 0) is 17.7 Å². The van der Waals surface area contributed by atoms with E-state index >= 15 is 0 Å². The first-order valence-corrected chi connectivity index (χ1v) is 5.63. The molecule has 1 aliphatic rings. The molecule has 1 amide bonds. The maximum absolute atomic E-state index is 11.1. The minimum absolute atomic E-state index is 0.219. The highest BCUT2D eigenvalue weighted by molar-refractivity contribution is 5.92. The van der Waals surface area contributed by atoms with Crippen LogP contribution < -0.4 is 11.5 Å². The summed E-state index contributed by atoms with van der Waals surface area (Å²) in [5, 5.41) is 0. The number of primary amides is 1. The Morgan fingerprint density at radius 2 is 2.35 bits per heavy atom. The van der Waals surface area contributed by atoms with Crippen LogP contribution in [0.25, 0.3) is 0 Å². The highest BCUT2D eigenvalue weighted by atomic mass is 16.5. The van der Waals surface area contributed by atoms with Gasteiger partial charge in [-0.25, -0.2) is 0 Å². The predicted molar refractivity (Wildman–Crippen MR) is 64.2 cm³/mol. The maximum atomic E-state index is 11.1. The van der Waals surface area contributed by atoms with Crippen molar-refractivity contribution in [3.05, 3.63) is 35.4 Å². The number of nitrogens with two attached hydrogens (primary N) is 2. The van der Waals surface area contributed by atoms with Crippen LogP contribution in [-0.2, 0) is 11.3 Å². The zero-order valence-electron chi connectivity index (χ0n) is 9.63. The van der Waals surface area contributed by atoms with Crippen molar-refractivity contribution in [2.24, 2.45) is 11.5 Å². The van der Waals surface area contributed by atoms with E-state index in [2.05, 4.69) is 4.90 Å². The quantitative estimate of drug-likeness (QED) is 0.766. The molecule has 1 heterocycles. The monoisotopic (exact) mass is 235 g/mol. The molecule has 1 unspecified atom stereocenters. The van der Waals surface area contributed by atoms with Crippen LogP contribution in [0.15, 0.2) is 24.3 Å². The number of carbonyl (C=O) groups excluding carboxylic acids is 1. The van der Waals surface area contributed by atoms with Crippen molar-refractivity contribution in [2.75, 3.05) is 19.7 Å². The summed E-state index contributed by atoms with van der Waals surface area (Å²) in [5.74, 6) is -0.398. The van der Waals surface area contributed by atoms with E-state index in [0.717, 1.165) is 18.7 Å². The van der Waals surface area contributed by atoms with Crippen molar-refractivity contribution in [3.63, 3.8) is 0 Å². The Hall–Kier alpha value is -1.43. The number of amides is 1. The molecular weight excluding hydrogens is 218 g/mol. The number of hydrogen-bond donors (Lipinski definition) is 2. The fraction of sp³-hybridized carbons (Fsp3) is 0.417. The van der Waals surface area contributed by atoms with Gasteiger partial charge < -0.3 is 16.2 Å². The fourth-order valence-corrected chi connectivity index (χ4v) is 1.96. The molecule has 17 heavy (non-hydrogen) atoms. The van der Waals surface area contributed by atoms with Crippen LogP contribution in [0.3, 0.4) is 0 Å². The number of nitrogens with zero attached hydrogens (tertiary/aromatic N) is 1. The molecule has 1 aliphatic heterocycles. The molecule has 0 saturated carbocycles. The molecule has 0 aliphatic carbocycles. The van der Waals surface area contributed by atoms with E-state index in [1.54, 1.807) is 6.07 Å². The number of carbonyl (C=O) groups is 1. The van der Waals surface area contributed by atoms with Gasteiger partial charge in [-0.15, -0.1) is 0 Å². The third-order valence-electron chi connectivity index (χ3n) is 2.80. The Bertz CT molecular complexity index is 408. The van der Waals surface area contributed by atoms with Gasteiger partial charge in [0.2, 0.25) is 5.91 Å². The first-order valence-electron chi connectivity index (χ1n) is 5.63. The minimum atomic E-state index is -0.398. The van der Waals surface area contributed by atoms with E-state index in [0.29, 0.717) is 18.7 Å². The van der Waals surface area contributed by atoms with Crippen LogP contribution in [0.5, 0.6) is 0 Å². The third-order valence-corrected chi connectivity index (χ3v) is 2.80. The summed E-state index contributed by atoms with van der Waals surface area (Å²) in [6.07, 6.45) is -0.219. The molecule has 1 aromatic rings. The van der Waals surface area contributed by atoms with Gasteiger partial charge in [0.1, 0.15) is 6.23 Å². The Morgan fingerprint density at radius 3 is 3.06 bits per heavy atom. The Kier molecular flexibility index (Phi) is 3.73. The third kappa shape index (κ3) is 3.26. The number of rotatable bonds is 3. The van der Waals surface area contributed by atoms with E-state index in [9.17, 15) is 4.79 Å². The number of hydrogen-bond acceptors (Lipinski definition) is 4. The summed E-state index contributed by atoms with van der Waals surface area (Å²) in [5.41, 5.74) is 12.6. The highest BCUT2D eigenvalue weighted by Gasteiger charge is 2.17. The van der Waals surface area contributed by atoms with Gasteiger partial charge in [0.25, 0.3) is 0 Å². The molecule has 1 saturated heterocycles. The Labute approximate surface area is 100 Å². The van der Waals surface area contributed by atoms with Crippen molar-refractivity contribution < 1.29 is 9.53 Å². The molecule has 0 radical (unpaired) electrons. The van der Waals surface area contributed by atoms with Crippen LogP contribution in [0.4, 0.5) is 0 Å². The maximum Gasteiger partial charge on any atom is 0.248 e. The Balaban J connectivity index is 2.02. The van der Waals surface area contributed by atoms with E-state index in [1.807, 2.05) is 18.2 Å². The molecule has 1 aromatic carbocycles. The number of benzene rings is 1. The van der Waals surface area contributed by atoms with Crippen LogP contribution in [-0.4, -0.2) is 36.7 Å². The lowest BCUT2D eigenvalue weighted by molar-refractivity contribution is -0.0275. The molecule has 5 nitrogen and oxygen atoms in total. The highest BCUT2D eigenvalue weighted by Crippen LogP contribution is 2.10. The topological polar surface area (TPSA) is 81.6 Å². The molecule has 5 heteroatoms. The smallest absolute Gasteiger partial charge is 0.248 e. The SMILES string of the molecule is NC(=O)c1cccc(CN2CCOC(N)C2)c1. The van der Waals surface area contributed by atoms with Gasteiger partial charge >= 0.3 is 0 Å². The van der Waals surface area contributed by atoms with Crippen LogP contribution in [0.2, 0.25) is 0 Å². The molecule has 0 spiro atoms. The lowest BCUT2D eigenvalue weighted by Gasteiger charge is -2.30. The number of ether oxygens (including phenoxy) is 1. The molecule has 4 N–H and O–H groups in total. The fourth-order valence-electron chi connectivity index (χ4n) is 1.96. The van der Waals surface area contributed by atoms with Crippen molar-refractivity contribution >= 4 is 5.91 Å². The molecule has 0 bridgehead atoms. The van der Waals surface area contributed by atoms with Crippen molar-refractivity contribution in [3.8, 4) is 0 Å². The van der Waals surface area contributed by atoms with Gasteiger partial charge in [-0.3, -0.25) is 9.69 Å². The molecule has 92 valence electrons. The minimum Gasteiger partial charge on any atom is -0.366 e. The standard InChI is InChI=1S/C12H17N3O2/c13-11-8-15(4-5-17-11)7-9-2-1-3-10(6-9)12(14)16/h1-3,6,11H,4-5,7-8,13H2,(H2,14,16). The second-order valence-electron chi connectivity index (χ2n) is 4.21. The molecule has 1 atom stereocenters. The van der Waals surface area contributed by atoms with Crippen LogP contribution >= 0.6 is 0 Å². The van der Waals surface area contributed by atoms with Crippen LogP contribution in [0, 0.1) is 0 Å². The average Bonchev–Trinajstić information content (AvgIpc) is 2.29. The summed E-state index contributed by atoms with van der Waals surface area (Å²) in [6, 6.07) is 7.36. The second-order valence-corrected chi connectivity index (χ2v) is 4.21. The van der Waals surface area contributed by atoms with E-state index in [1.165, 1.54) is 0 Å². The molecule has 2 rings (SSSR count). The van der Waals surface area contributed by atoms with Crippen molar-refractivity contribution in [2.45, 2.75) is 12.8 Å². The lowest BCUT2D eigenvalue weighted by atomic mass is 10.1. The van der Waals surface area contributed by atoms with E-state index < -0.39 is 5.91 Å². The average molecular weight is 235 g/mol. The summed E-state index contributed by atoms with van der Waals surface area (Å²) in [7, 11) is 0. The van der Waals surface area contributed by atoms with E-state index in [4.69, 9.17) is 16.2 Å². The van der Waals surface area contributed by atoms with Gasteiger partial charge in [0.05, 0.1) is 6.61 Å². The summed E-state index contributed by atoms with van der Waals surface area (Å²) in [6.45, 7) is 2.98. The molecule has 0 aromatic heterocycles. The van der Waals surface area contributed by atoms with Gasteiger partial charge in [-0.2, -0.15) is 0 Å². The molecular formula is C12H17N3O2. The normalized spacial score (nSPS) is 21.4. The summed E-state index contributed by atoms with van der Waals surface area (Å²) < 4.78 is 5.27. The second kappa shape index (κ2) is 5.27. The van der Waals surface area contributed by atoms with Gasteiger partial charge in [0.15, 0.2) is 0 Å². The summed E-state index contributed by atoms with van der Waals surface area (Å²) >= 11 is 0. The zero-order chi connectivity index (χ0) is 12.3. The first kappa shape index (κ1) is 12.0.